The number of halogens is 1. The van der Waals surface area contributed by atoms with Crippen LogP contribution in [-0.4, -0.2) is 27.9 Å². The molecule has 0 aliphatic heterocycles. The number of rotatable bonds is 7. The second kappa shape index (κ2) is 11.5. The molecule has 0 spiro atoms. The maximum absolute atomic E-state index is 13.2. The molecule has 1 unspecified atom stereocenters. The fourth-order valence-corrected chi connectivity index (χ4v) is 4.28. The summed E-state index contributed by atoms with van der Waals surface area (Å²) in [4.78, 5) is 35.7. The van der Waals surface area contributed by atoms with E-state index in [2.05, 4.69) is 5.32 Å². The molecule has 0 aliphatic carbocycles. The van der Waals surface area contributed by atoms with Crippen LogP contribution in [0.15, 0.2) is 91.0 Å². The topological polar surface area (TPSA) is 81.2 Å². The zero-order chi connectivity index (χ0) is 28.2. The molecule has 7 heteroatoms. The number of nitrogens with zero attached hydrogens (tertiary/aromatic N) is 2. The summed E-state index contributed by atoms with van der Waals surface area (Å²) < 4.78 is 18.7. The molecular weight excluding hydrogens is 505 g/mol. The summed E-state index contributed by atoms with van der Waals surface area (Å²) in [5.74, 6) is -1.55. The van der Waals surface area contributed by atoms with Gasteiger partial charge in [-0.2, -0.15) is 0 Å². The minimum absolute atomic E-state index is 0.257. The Bertz CT molecular complexity index is 1680. The summed E-state index contributed by atoms with van der Waals surface area (Å²) in [7, 11) is 0. The van der Waals surface area contributed by atoms with Crippen molar-refractivity contribution in [2.75, 3.05) is 5.32 Å². The number of aryl methyl sites for hydroxylation is 2. The Kier molecular flexibility index (Phi) is 7.64. The molecule has 200 valence electrons. The van der Waals surface area contributed by atoms with Crippen LogP contribution in [0.4, 0.5) is 10.1 Å². The molecule has 0 saturated heterocycles. The van der Waals surface area contributed by atoms with Crippen LogP contribution in [0.1, 0.15) is 34.8 Å². The van der Waals surface area contributed by atoms with Crippen LogP contribution in [0, 0.1) is 19.7 Å². The van der Waals surface area contributed by atoms with Crippen molar-refractivity contribution in [2.45, 2.75) is 33.3 Å². The first-order valence-electron chi connectivity index (χ1n) is 13.0. The molecule has 1 heterocycles. The Morgan fingerprint density at radius 3 is 1.88 bits per heavy atom. The first-order valence-corrected chi connectivity index (χ1v) is 13.0. The number of carbonyl (C=O) groups excluding carboxylic acids is 2. The van der Waals surface area contributed by atoms with E-state index in [4.69, 9.17) is 14.7 Å². The highest BCUT2D eigenvalue weighted by Gasteiger charge is 2.23. The van der Waals surface area contributed by atoms with Crippen molar-refractivity contribution in [1.82, 2.24) is 9.97 Å². The van der Waals surface area contributed by atoms with Crippen molar-refractivity contribution < 1.29 is 18.7 Å². The molecule has 0 saturated carbocycles. The second-order valence-corrected chi connectivity index (χ2v) is 9.65. The lowest BCUT2D eigenvalue weighted by molar-refractivity contribution is -0.124. The number of esters is 1. The highest BCUT2D eigenvalue weighted by Crippen LogP contribution is 2.32. The van der Waals surface area contributed by atoms with E-state index in [0.29, 0.717) is 22.4 Å². The summed E-state index contributed by atoms with van der Waals surface area (Å²) in [5.41, 5.74) is 7.41. The summed E-state index contributed by atoms with van der Waals surface area (Å²) in [6, 6.07) is 26.5. The number of aromatic nitrogens is 2. The van der Waals surface area contributed by atoms with E-state index < -0.39 is 23.8 Å². The largest absolute Gasteiger partial charge is 0.449 e. The molecule has 4 aromatic carbocycles. The highest BCUT2D eigenvalue weighted by molar-refractivity contribution is 5.99. The maximum Gasteiger partial charge on any atom is 0.338 e. The summed E-state index contributed by atoms with van der Waals surface area (Å²) in [6.45, 7) is 5.81. The Morgan fingerprint density at radius 1 is 0.775 bits per heavy atom. The molecule has 5 aromatic rings. The van der Waals surface area contributed by atoms with E-state index in [1.54, 1.807) is 25.1 Å². The first-order chi connectivity index (χ1) is 19.3. The SMILES string of the molecule is CCC(OC(=O)c1ccc2nc(-c3ccc(C)cc3)c(-c3ccc(C)cc3)nc2c1)C(=O)Nc1ccc(F)cc1. The number of benzene rings is 4. The molecule has 1 N–H and O–H groups in total. The number of amides is 1. The van der Waals surface area contributed by atoms with Crippen LogP contribution >= 0.6 is 0 Å². The van der Waals surface area contributed by atoms with Gasteiger partial charge < -0.3 is 10.1 Å². The van der Waals surface area contributed by atoms with Crippen LogP contribution in [-0.2, 0) is 9.53 Å². The van der Waals surface area contributed by atoms with E-state index in [1.165, 1.54) is 24.3 Å². The maximum atomic E-state index is 13.2. The predicted octanol–water partition coefficient (Wildman–Crippen LogP) is 7.29. The number of fused-ring (bicyclic) bond motifs is 1. The molecule has 6 nitrogen and oxygen atoms in total. The van der Waals surface area contributed by atoms with Gasteiger partial charge in [-0.1, -0.05) is 66.6 Å². The second-order valence-electron chi connectivity index (χ2n) is 9.65. The minimum atomic E-state index is -1.02. The highest BCUT2D eigenvalue weighted by atomic mass is 19.1. The number of anilines is 1. The Balaban J connectivity index is 1.46. The van der Waals surface area contributed by atoms with Gasteiger partial charge in [0.25, 0.3) is 5.91 Å². The molecule has 40 heavy (non-hydrogen) atoms. The zero-order valence-corrected chi connectivity index (χ0v) is 22.4. The Morgan fingerprint density at radius 2 is 1.32 bits per heavy atom. The van der Waals surface area contributed by atoms with Crippen LogP contribution < -0.4 is 5.32 Å². The lowest BCUT2D eigenvalue weighted by atomic mass is 10.0. The smallest absolute Gasteiger partial charge is 0.338 e. The van der Waals surface area contributed by atoms with Gasteiger partial charge in [0.1, 0.15) is 5.82 Å². The van der Waals surface area contributed by atoms with Crippen molar-refractivity contribution in [2.24, 2.45) is 0 Å². The predicted molar refractivity (Wildman–Crippen MR) is 154 cm³/mol. The standard InChI is InChI=1S/C33H28FN3O3/c1-4-29(32(38)35-26-16-14-25(34)15-17-26)40-33(39)24-13-18-27-28(19-24)37-31(23-11-7-21(3)8-12-23)30(36-27)22-9-5-20(2)6-10-22/h5-19,29H,4H2,1-3H3,(H,35,38). The number of ether oxygens (including phenoxy) is 1. The fourth-order valence-electron chi connectivity index (χ4n) is 4.28. The van der Waals surface area contributed by atoms with E-state index >= 15 is 0 Å². The van der Waals surface area contributed by atoms with Crippen molar-refractivity contribution in [3.05, 3.63) is 114 Å². The quantitative estimate of drug-likeness (QED) is 0.222. The molecule has 0 bridgehead atoms. The summed E-state index contributed by atoms with van der Waals surface area (Å²) in [6.07, 6.45) is -0.754. The van der Waals surface area contributed by atoms with Gasteiger partial charge in [-0.25, -0.2) is 19.2 Å². The third-order valence-corrected chi connectivity index (χ3v) is 6.57. The molecule has 1 atom stereocenters. The van der Waals surface area contributed by atoms with Crippen molar-refractivity contribution in [1.29, 1.82) is 0 Å². The summed E-state index contributed by atoms with van der Waals surface area (Å²) in [5, 5.41) is 2.66. The van der Waals surface area contributed by atoms with Gasteiger partial charge in [0.15, 0.2) is 6.10 Å². The van der Waals surface area contributed by atoms with Crippen LogP contribution in [0.3, 0.4) is 0 Å². The van der Waals surface area contributed by atoms with Gasteiger partial charge in [0.2, 0.25) is 0 Å². The van der Waals surface area contributed by atoms with Gasteiger partial charge in [0, 0.05) is 16.8 Å². The van der Waals surface area contributed by atoms with Crippen molar-refractivity contribution >= 4 is 28.6 Å². The van der Waals surface area contributed by atoms with E-state index in [-0.39, 0.29) is 12.0 Å². The fraction of sp³-hybridized carbons (Fsp3) is 0.152. The van der Waals surface area contributed by atoms with Gasteiger partial charge >= 0.3 is 5.97 Å². The monoisotopic (exact) mass is 533 g/mol. The van der Waals surface area contributed by atoms with Gasteiger partial charge in [-0.15, -0.1) is 0 Å². The average molecular weight is 534 g/mol. The number of nitrogens with one attached hydrogen (secondary N) is 1. The van der Waals surface area contributed by atoms with Gasteiger partial charge in [0.05, 0.1) is 28.0 Å². The third-order valence-electron chi connectivity index (χ3n) is 6.57. The van der Waals surface area contributed by atoms with Crippen molar-refractivity contribution in [3.63, 3.8) is 0 Å². The molecule has 0 radical (unpaired) electrons. The lowest BCUT2D eigenvalue weighted by Gasteiger charge is -2.16. The molecule has 0 aliphatic rings. The number of hydrogen-bond acceptors (Lipinski definition) is 5. The molecule has 1 aromatic heterocycles. The van der Waals surface area contributed by atoms with Gasteiger partial charge in [-0.3, -0.25) is 4.79 Å². The van der Waals surface area contributed by atoms with Crippen LogP contribution in [0.25, 0.3) is 33.5 Å². The van der Waals surface area contributed by atoms with E-state index in [9.17, 15) is 14.0 Å². The number of hydrogen-bond donors (Lipinski definition) is 1. The third kappa shape index (κ3) is 5.89. The Hall–Kier alpha value is -4.91. The minimum Gasteiger partial charge on any atom is -0.449 e. The normalized spacial score (nSPS) is 11.7. The average Bonchev–Trinajstić information content (AvgIpc) is 2.96. The van der Waals surface area contributed by atoms with Crippen LogP contribution in [0.2, 0.25) is 0 Å². The van der Waals surface area contributed by atoms with Crippen molar-refractivity contribution in [3.8, 4) is 22.5 Å². The van der Waals surface area contributed by atoms with Crippen LogP contribution in [0.5, 0.6) is 0 Å². The Labute approximate surface area is 231 Å². The number of carbonyl (C=O) groups is 2. The van der Waals surface area contributed by atoms with E-state index in [1.807, 2.05) is 62.4 Å². The van der Waals surface area contributed by atoms with E-state index in [0.717, 1.165) is 27.9 Å². The molecule has 1 amide bonds. The molecule has 5 rings (SSSR count). The first kappa shape index (κ1) is 26.7. The zero-order valence-electron chi connectivity index (χ0n) is 22.4. The lowest BCUT2D eigenvalue weighted by Crippen LogP contribution is -2.32. The molecular formula is C33H28FN3O3. The van der Waals surface area contributed by atoms with Gasteiger partial charge in [-0.05, 0) is 62.7 Å². The summed E-state index contributed by atoms with van der Waals surface area (Å²) >= 11 is 0. The molecule has 0 fully saturated rings.